The minimum atomic E-state index is -4.36. The molecule has 3 nitrogen and oxygen atoms in total. The molecule has 6 heteroatoms. The number of aromatic nitrogens is 1. The number of rotatable bonds is 4. The molecule has 0 spiro atoms. The van der Waals surface area contributed by atoms with E-state index in [1.807, 2.05) is 0 Å². The highest BCUT2D eigenvalue weighted by Crippen LogP contribution is 2.32. The number of halogens is 3. The number of alkyl halides is 3. The Morgan fingerprint density at radius 1 is 1.14 bits per heavy atom. The third-order valence-electron chi connectivity index (χ3n) is 3.14. The van der Waals surface area contributed by atoms with Crippen molar-refractivity contribution in [1.29, 1.82) is 0 Å². The highest BCUT2D eigenvalue weighted by atomic mass is 19.4. The SMILES string of the molecule is CNC(c1cncc(OC)c1)c1cccc(C(F)(F)F)c1. The topological polar surface area (TPSA) is 34.2 Å². The quantitative estimate of drug-likeness (QED) is 0.938. The van der Waals surface area contributed by atoms with E-state index in [0.717, 1.165) is 17.7 Å². The first-order valence-electron chi connectivity index (χ1n) is 6.29. The van der Waals surface area contributed by atoms with Crippen LogP contribution in [-0.2, 0) is 6.18 Å². The number of hydrogen-bond acceptors (Lipinski definition) is 3. The molecule has 0 aliphatic rings. The molecule has 0 fully saturated rings. The lowest BCUT2D eigenvalue weighted by molar-refractivity contribution is -0.137. The fourth-order valence-corrected chi connectivity index (χ4v) is 2.13. The predicted octanol–water partition coefficient (Wildman–Crippen LogP) is 3.42. The second-order valence-corrected chi connectivity index (χ2v) is 4.50. The summed E-state index contributed by atoms with van der Waals surface area (Å²) in [5, 5.41) is 3.00. The van der Waals surface area contributed by atoms with Gasteiger partial charge in [0.25, 0.3) is 0 Å². The number of methoxy groups -OCH3 is 1. The summed E-state index contributed by atoms with van der Waals surface area (Å²) in [4.78, 5) is 4.03. The van der Waals surface area contributed by atoms with Gasteiger partial charge in [-0.25, -0.2) is 0 Å². The van der Waals surface area contributed by atoms with Gasteiger partial charge in [-0.1, -0.05) is 12.1 Å². The molecule has 1 unspecified atom stereocenters. The van der Waals surface area contributed by atoms with Crippen LogP contribution in [0.25, 0.3) is 0 Å². The lowest BCUT2D eigenvalue weighted by atomic mass is 9.98. The molecular formula is C15H15F3N2O. The van der Waals surface area contributed by atoms with Gasteiger partial charge < -0.3 is 10.1 Å². The standard InChI is InChI=1S/C15H15F3N2O/c1-19-14(11-7-13(21-2)9-20-8-11)10-4-3-5-12(6-10)15(16,17)18/h3-9,14,19H,1-2H3. The molecule has 0 radical (unpaired) electrons. The fourth-order valence-electron chi connectivity index (χ4n) is 2.13. The molecule has 112 valence electrons. The summed E-state index contributed by atoms with van der Waals surface area (Å²) < 4.78 is 43.5. The fraction of sp³-hybridized carbons (Fsp3) is 0.267. The third-order valence-corrected chi connectivity index (χ3v) is 3.14. The molecule has 1 aromatic heterocycles. The second kappa shape index (κ2) is 6.13. The number of ether oxygens (including phenoxy) is 1. The van der Waals surface area contributed by atoms with Gasteiger partial charge in [-0.3, -0.25) is 4.98 Å². The summed E-state index contributed by atoms with van der Waals surface area (Å²) in [5.74, 6) is 0.555. The van der Waals surface area contributed by atoms with Crippen molar-refractivity contribution >= 4 is 0 Å². The highest BCUT2D eigenvalue weighted by Gasteiger charge is 2.31. The smallest absolute Gasteiger partial charge is 0.416 e. The molecule has 0 aliphatic carbocycles. The van der Waals surface area contributed by atoms with E-state index in [2.05, 4.69) is 10.3 Å². The lowest BCUT2D eigenvalue weighted by Crippen LogP contribution is -2.18. The van der Waals surface area contributed by atoms with Gasteiger partial charge in [-0.15, -0.1) is 0 Å². The van der Waals surface area contributed by atoms with Crippen molar-refractivity contribution in [3.05, 3.63) is 59.4 Å². The number of pyridine rings is 1. The van der Waals surface area contributed by atoms with Crippen molar-refractivity contribution in [3.8, 4) is 5.75 Å². The molecule has 0 aliphatic heterocycles. The number of benzene rings is 1. The van der Waals surface area contributed by atoms with Crippen LogP contribution in [0.15, 0.2) is 42.7 Å². The van der Waals surface area contributed by atoms with Crippen LogP contribution in [0.4, 0.5) is 13.2 Å². The predicted molar refractivity (Wildman–Crippen MR) is 73.1 cm³/mol. The normalized spacial score (nSPS) is 13.0. The van der Waals surface area contributed by atoms with Gasteiger partial charge in [0, 0.05) is 6.20 Å². The Morgan fingerprint density at radius 3 is 2.52 bits per heavy atom. The zero-order chi connectivity index (χ0) is 15.5. The van der Waals surface area contributed by atoms with Gasteiger partial charge in [0.1, 0.15) is 5.75 Å². The van der Waals surface area contributed by atoms with E-state index < -0.39 is 17.8 Å². The molecule has 1 aromatic carbocycles. The summed E-state index contributed by atoms with van der Waals surface area (Å²) in [6.07, 6.45) is -1.22. The number of nitrogens with zero attached hydrogens (tertiary/aromatic N) is 1. The van der Waals surface area contributed by atoms with E-state index in [1.54, 1.807) is 31.6 Å². The van der Waals surface area contributed by atoms with Crippen LogP contribution in [0.1, 0.15) is 22.7 Å². The van der Waals surface area contributed by atoms with Crippen LogP contribution < -0.4 is 10.1 Å². The first-order valence-corrected chi connectivity index (χ1v) is 6.29. The van der Waals surface area contributed by atoms with E-state index >= 15 is 0 Å². The van der Waals surface area contributed by atoms with Gasteiger partial charge in [0.15, 0.2) is 0 Å². The molecule has 0 bridgehead atoms. The van der Waals surface area contributed by atoms with Gasteiger partial charge in [-0.2, -0.15) is 13.2 Å². The van der Waals surface area contributed by atoms with Crippen LogP contribution >= 0.6 is 0 Å². The van der Waals surface area contributed by atoms with E-state index in [-0.39, 0.29) is 0 Å². The van der Waals surface area contributed by atoms with Crippen molar-refractivity contribution in [3.63, 3.8) is 0 Å². The van der Waals surface area contributed by atoms with Crippen molar-refractivity contribution in [1.82, 2.24) is 10.3 Å². The largest absolute Gasteiger partial charge is 0.495 e. The zero-order valence-electron chi connectivity index (χ0n) is 11.6. The average molecular weight is 296 g/mol. The van der Waals surface area contributed by atoms with Crippen LogP contribution in [0.5, 0.6) is 5.75 Å². The Balaban J connectivity index is 2.41. The minimum Gasteiger partial charge on any atom is -0.495 e. The molecule has 0 saturated heterocycles. The van der Waals surface area contributed by atoms with E-state index in [0.29, 0.717) is 11.3 Å². The summed E-state index contributed by atoms with van der Waals surface area (Å²) in [5.41, 5.74) is 0.578. The minimum absolute atomic E-state index is 0.394. The maximum Gasteiger partial charge on any atom is 0.416 e. The summed E-state index contributed by atoms with van der Waals surface area (Å²) >= 11 is 0. The molecule has 2 rings (SSSR count). The Labute approximate surface area is 120 Å². The maximum atomic E-state index is 12.8. The van der Waals surface area contributed by atoms with E-state index in [1.165, 1.54) is 13.2 Å². The zero-order valence-corrected chi connectivity index (χ0v) is 11.6. The van der Waals surface area contributed by atoms with Crippen molar-refractivity contribution in [2.75, 3.05) is 14.2 Å². The van der Waals surface area contributed by atoms with Crippen LogP contribution in [0, 0.1) is 0 Å². The van der Waals surface area contributed by atoms with Gasteiger partial charge in [-0.05, 0) is 36.4 Å². The number of nitrogens with one attached hydrogen (secondary N) is 1. The Hall–Kier alpha value is -2.08. The molecule has 1 heterocycles. The van der Waals surface area contributed by atoms with Crippen LogP contribution in [0.2, 0.25) is 0 Å². The molecule has 0 saturated carbocycles. The third kappa shape index (κ3) is 3.52. The molecule has 2 aromatic rings. The Bertz CT molecular complexity index is 614. The lowest BCUT2D eigenvalue weighted by Gasteiger charge is -2.19. The van der Waals surface area contributed by atoms with Crippen LogP contribution in [0.3, 0.4) is 0 Å². The second-order valence-electron chi connectivity index (χ2n) is 4.50. The van der Waals surface area contributed by atoms with Gasteiger partial charge in [0.2, 0.25) is 0 Å². The first kappa shape index (κ1) is 15.3. The summed E-state index contributed by atoms with van der Waals surface area (Å²) in [6.45, 7) is 0. The monoisotopic (exact) mass is 296 g/mol. The summed E-state index contributed by atoms with van der Waals surface area (Å²) in [7, 11) is 3.20. The maximum absolute atomic E-state index is 12.8. The molecule has 1 N–H and O–H groups in total. The number of hydrogen-bond donors (Lipinski definition) is 1. The Kier molecular flexibility index (Phi) is 4.47. The highest BCUT2D eigenvalue weighted by molar-refractivity contribution is 5.36. The molecule has 0 amide bonds. The first-order chi connectivity index (χ1) is 9.95. The molecule has 1 atom stereocenters. The van der Waals surface area contributed by atoms with Crippen molar-refractivity contribution < 1.29 is 17.9 Å². The summed E-state index contributed by atoms with van der Waals surface area (Å²) in [6, 6.07) is 6.59. The van der Waals surface area contributed by atoms with Gasteiger partial charge >= 0.3 is 6.18 Å². The van der Waals surface area contributed by atoms with E-state index in [4.69, 9.17) is 4.74 Å². The van der Waals surface area contributed by atoms with Gasteiger partial charge in [0.05, 0.1) is 24.9 Å². The van der Waals surface area contributed by atoms with Crippen molar-refractivity contribution in [2.24, 2.45) is 0 Å². The molecule has 21 heavy (non-hydrogen) atoms. The Morgan fingerprint density at radius 2 is 1.90 bits per heavy atom. The van der Waals surface area contributed by atoms with Crippen molar-refractivity contribution in [2.45, 2.75) is 12.2 Å². The van der Waals surface area contributed by atoms with Crippen LogP contribution in [-0.4, -0.2) is 19.1 Å². The molecular weight excluding hydrogens is 281 g/mol. The van der Waals surface area contributed by atoms with E-state index in [9.17, 15) is 13.2 Å². The average Bonchev–Trinajstić information content (AvgIpc) is 2.48.